The van der Waals surface area contributed by atoms with Crippen LogP contribution < -0.4 is 0 Å². The highest BCUT2D eigenvalue weighted by molar-refractivity contribution is 6.09. The number of rotatable bonds is 4. The van der Waals surface area contributed by atoms with Crippen molar-refractivity contribution < 1.29 is 14.3 Å². The average molecular weight is 258 g/mol. The molecular weight excluding hydrogens is 244 g/mol. The molecule has 98 valence electrons. The Labute approximate surface area is 110 Å². The molecule has 0 radical (unpaired) electrons. The lowest BCUT2D eigenvalue weighted by Crippen LogP contribution is -2.08. The fraction of sp³-hybridized carbons (Fsp3) is 0.214. The van der Waals surface area contributed by atoms with Crippen molar-refractivity contribution in [2.75, 3.05) is 6.61 Å². The Balaban J connectivity index is 2.32. The molecule has 0 saturated carbocycles. The molecule has 0 bridgehead atoms. The molecule has 0 atom stereocenters. The smallest absolute Gasteiger partial charge is 0.356 e. The number of ether oxygens (including phenoxy) is 1. The second kappa shape index (κ2) is 5.48. The van der Waals surface area contributed by atoms with Gasteiger partial charge >= 0.3 is 5.97 Å². The van der Waals surface area contributed by atoms with Gasteiger partial charge in [0.2, 0.25) is 5.78 Å². The van der Waals surface area contributed by atoms with E-state index in [1.54, 1.807) is 38.1 Å². The maximum atomic E-state index is 12.2. The van der Waals surface area contributed by atoms with Crippen LogP contribution in [0.25, 0.3) is 0 Å². The summed E-state index contributed by atoms with van der Waals surface area (Å²) in [4.78, 5) is 23.9. The Bertz CT molecular complexity index is 602. The van der Waals surface area contributed by atoms with Crippen molar-refractivity contribution in [1.29, 1.82) is 0 Å². The van der Waals surface area contributed by atoms with Crippen LogP contribution in [0.2, 0.25) is 0 Å². The van der Waals surface area contributed by atoms with Crippen LogP contribution in [0.5, 0.6) is 0 Å². The van der Waals surface area contributed by atoms with Crippen molar-refractivity contribution in [3.63, 3.8) is 0 Å². The highest BCUT2D eigenvalue weighted by atomic mass is 16.5. The lowest BCUT2D eigenvalue weighted by atomic mass is 10.0. The number of H-pyrrole nitrogens is 1. The number of benzene rings is 1. The van der Waals surface area contributed by atoms with Gasteiger partial charge in [-0.3, -0.25) is 9.89 Å². The lowest BCUT2D eigenvalue weighted by molar-refractivity contribution is 0.0518. The van der Waals surface area contributed by atoms with E-state index in [1.165, 1.54) is 0 Å². The summed E-state index contributed by atoms with van der Waals surface area (Å²) in [7, 11) is 0. The number of ketones is 1. The molecule has 1 aromatic heterocycles. The largest absolute Gasteiger partial charge is 0.461 e. The van der Waals surface area contributed by atoms with Crippen LogP contribution in [0.15, 0.2) is 30.3 Å². The molecule has 0 spiro atoms. The number of esters is 1. The molecule has 0 saturated heterocycles. The van der Waals surface area contributed by atoms with Crippen LogP contribution in [-0.2, 0) is 4.74 Å². The first-order chi connectivity index (χ1) is 9.15. The molecule has 2 rings (SSSR count). The highest BCUT2D eigenvalue weighted by Crippen LogP contribution is 2.15. The molecule has 0 aliphatic rings. The summed E-state index contributed by atoms with van der Waals surface area (Å²) in [5, 5.41) is 6.48. The first-order valence-corrected chi connectivity index (χ1v) is 5.97. The summed E-state index contributed by atoms with van der Waals surface area (Å²) >= 11 is 0. The zero-order valence-electron chi connectivity index (χ0n) is 10.8. The predicted molar refractivity (Wildman–Crippen MR) is 69.2 cm³/mol. The molecule has 1 N–H and O–H groups in total. The van der Waals surface area contributed by atoms with Crippen LogP contribution in [0.1, 0.15) is 39.0 Å². The van der Waals surface area contributed by atoms with Gasteiger partial charge in [-0.2, -0.15) is 5.10 Å². The van der Waals surface area contributed by atoms with Crippen LogP contribution in [0, 0.1) is 6.92 Å². The van der Waals surface area contributed by atoms with Gasteiger partial charge < -0.3 is 4.74 Å². The van der Waals surface area contributed by atoms with E-state index in [2.05, 4.69) is 10.2 Å². The van der Waals surface area contributed by atoms with Crippen molar-refractivity contribution >= 4 is 11.8 Å². The first-order valence-electron chi connectivity index (χ1n) is 5.97. The quantitative estimate of drug-likeness (QED) is 0.673. The van der Waals surface area contributed by atoms with Gasteiger partial charge in [0.25, 0.3) is 0 Å². The molecule has 5 nitrogen and oxygen atoms in total. The van der Waals surface area contributed by atoms with E-state index in [0.29, 0.717) is 11.1 Å². The van der Waals surface area contributed by atoms with Crippen molar-refractivity contribution in [1.82, 2.24) is 10.2 Å². The standard InChI is InChI=1S/C14H14N2O3/c1-3-19-14(18)12-9(2)11(15-16-12)13(17)10-7-5-4-6-8-10/h4-8H,3H2,1-2H3,(H,15,16). The Morgan fingerprint density at radius 2 is 1.95 bits per heavy atom. The summed E-state index contributed by atoms with van der Waals surface area (Å²) < 4.78 is 4.89. The van der Waals surface area contributed by atoms with Gasteiger partial charge in [0, 0.05) is 11.1 Å². The molecule has 19 heavy (non-hydrogen) atoms. The predicted octanol–water partition coefficient (Wildman–Crippen LogP) is 2.13. The minimum absolute atomic E-state index is 0.218. The zero-order valence-corrected chi connectivity index (χ0v) is 10.8. The molecule has 1 heterocycles. The van der Waals surface area contributed by atoms with E-state index in [4.69, 9.17) is 4.74 Å². The Hall–Kier alpha value is -2.43. The minimum atomic E-state index is -0.500. The Kier molecular flexibility index (Phi) is 3.75. The summed E-state index contributed by atoms with van der Waals surface area (Å²) in [5.74, 6) is -0.718. The fourth-order valence-corrected chi connectivity index (χ4v) is 1.75. The van der Waals surface area contributed by atoms with Crippen LogP contribution in [0.4, 0.5) is 0 Å². The normalized spacial score (nSPS) is 10.2. The maximum absolute atomic E-state index is 12.2. The SMILES string of the molecule is CCOC(=O)c1[nH]nc(C(=O)c2ccccc2)c1C. The van der Waals surface area contributed by atoms with Gasteiger partial charge in [0.15, 0.2) is 0 Å². The number of nitrogens with zero attached hydrogens (tertiary/aromatic N) is 1. The monoisotopic (exact) mass is 258 g/mol. The Morgan fingerprint density at radius 3 is 2.58 bits per heavy atom. The molecule has 1 aromatic carbocycles. The number of nitrogens with one attached hydrogen (secondary N) is 1. The molecule has 0 amide bonds. The number of carbonyl (C=O) groups excluding carboxylic acids is 2. The summed E-state index contributed by atoms with van der Waals surface area (Å²) in [6.45, 7) is 3.67. The van der Waals surface area contributed by atoms with E-state index < -0.39 is 5.97 Å². The van der Waals surface area contributed by atoms with E-state index in [9.17, 15) is 9.59 Å². The zero-order chi connectivity index (χ0) is 13.8. The highest BCUT2D eigenvalue weighted by Gasteiger charge is 2.21. The molecule has 5 heteroatoms. The summed E-state index contributed by atoms with van der Waals surface area (Å²) in [6, 6.07) is 8.81. The van der Waals surface area contributed by atoms with Gasteiger partial charge in [0.1, 0.15) is 11.4 Å². The molecule has 0 aliphatic carbocycles. The van der Waals surface area contributed by atoms with Gasteiger partial charge in [-0.25, -0.2) is 4.79 Å². The second-order valence-corrected chi connectivity index (χ2v) is 3.99. The third-order valence-corrected chi connectivity index (χ3v) is 2.74. The van der Waals surface area contributed by atoms with Crippen molar-refractivity contribution in [2.45, 2.75) is 13.8 Å². The van der Waals surface area contributed by atoms with Gasteiger partial charge in [-0.05, 0) is 13.8 Å². The van der Waals surface area contributed by atoms with E-state index in [-0.39, 0.29) is 23.8 Å². The average Bonchev–Trinajstić information content (AvgIpc) is 2.81. The van der Waals surface area contributed by atoms with E-state index in [0.717, 1.165) is 0 Å². The number of hydrogen-bond donors (Lipinski definition) is 1. The first kappa shape index (κ1) is 13.0. The topological polar surface area (TPSA) is 72.1 Å². The van der Waals surface area contributed by atoms with Crippen LogP contribution >= 0.6 is 0 Å². The molecule has 0 aliphatic heterocycles. The number of hydrogen-bond acceptors (Lipinski definition) is 4. The number of carbonyl (C=O) groups is 2. The van der Waals surface area contributed by atoms with Crippen molar-refractivity contribution in [2.24, 2.45) is 0 Å². The number of aromatic nitrogens is 2. The maximum Gasteiger partial charge on any atom is 0.356 e. The second-order valence-electron chi connectivity index (χ2n) is 3.99. The summed E-state index contributed by atoms with van der Waals surface area (Å²) in [6.07, 6.45) is 0. The third kappa shape index (κ3) is 2.54. The Morgan fingerprint density at radius 1 is 1.26 bits per heavy atom. The van der Waals surface area contributed by atoms with Crippen LogP contribution in [-0.4, -0.2) is 28.6 Å². The van der Waals surface area contributed by atoms with Gasteiger partial charge in [-0.15, -0.1) is 0 Å². The van der Waals surface area contributed by atoms with Crippen molar-refractivity contribution in [3.05, 3.63) is 52.8 Å². The lowest BCUT2D eigenvalue weighted by Gasteiger charge is -2.00. The fourth-order valence-electron chi connectivity index (χ4n) is 1.75. The molecule has 2 aromatic rings. The van der Waals surface area contributed by atoms with Crippen LogP contribution in [0.3, 0.4) is 0 Å². The van der Waals surface area contributed by atoms with Crippen molar-refractivity contribution in [3.8, 4) is 0 Å². The number of aromatic amines is 1. The minimum Gasteiger partial charge on any atom is -0.461 e. The van der Waals surface area contributed by atoms with E-state index in [1.807, 2.05) is 6.07 Å². The third-order valence-electron chi connectivity index (χ3n) is 2.74. The van der Waals surface area contributed by atoms with Gasteiger partial charge in [0.05, 0.1) is 6.61 Å². The molecule has 0 fully saturated rings. The molecule has 0 unspecified atom stereocenters. The summed E-state index contributed by atoms with van der Waals surface area (Å²) in [5.41, 5.74) is 1.51. The molecular formula is C14H14N2O3. The van der Waals surface area contributed by atoms with E-state index >= 15 is 0 Å². The van der Waals surface area contributed by atoms with Gasteiger partial charge in [-0.1, -0.05) is 30.3 Å².